The second-order valence-corrected chi connectivity index (χ2v) is 6.33. The summed E-state index contributed by atoms with van der Waals surface area (Å²) in [6.45, 7) is 0.392. The number of hydrogen-bond donors (Lipinski definition) is 1. The Hall–Kier alpha value is -2.40. The number of nitrogens with zero attached hydrogens (tertiary/aromatic N) is 2. The van der Waals surface area contributed by atoms with Gasteiger partial charge in [0.05, 0.1) is 12.0 Å². The van der Waals surface area contributed by atoms with Gasteiger partial charge in [0.25, 0.3) is 0 Å². The lowest BCUT2D eigenvalue weighted by Crippen LogP contribution is -2.34. The molecule has 0 saturated carbocycles. The van der Waals surface area contributed by atoms with Crippen LogP contribution in [0.1, 0.15) is 23.6 Å². The number of benzene rings is 1. The van der Waals surface area contributed by atoms with E-state index >= 15 is 0 Å². The van der Waals surface area contributed by atoms with Crippen LogP contribution in [-0.4, -0.2) is 28.7 Å². The van der Waals surface area contributed by atoms with Crippen molar-refractivity contribution in [3.63, 3.8) is 0 Å². The van der Waals surface area contributed by atoms with Gasteiger partial charge in [0, 0.05) is 37.4 Å². The standard InChI is InChI=1S/C18H18ClN3O2/c1-22-16(23)9-15(17(22)13-5-2-6-14(19)8-13)18(24)21-11-12-4-3-7-20-10-12/h2-8,10,15,17H,9,11H2,1H3,(H,21,24)/t15-,17+/m1/s1. The highest BCUT2D eigenvalue weighted by atomic mass is 35.5. The van der Waals surface area contributed by atoms with E-state index in [-0.39, 0.29) is 24.3 Å². The number of hydrogen-bond acceptors (Lipinski definition) is 3. The minimum absolute atomic E-state index is 0.0403. The van der Waals surface area contributed by atoms with Crippen molar-refractivity contribution in [2.45, 2.75) is 19.0 Å². The van der Waals surface area contributed by atoms with Crippen LogP contribution in [0, 0.1) is 5.92 Å². The summed E-state index contributed by atoms with van der Waals surface area (Å²) in [6.07, 6.45) is 3.60. The van der Waals surface area contributed by atoms with Crippen molar-refractivity contribution in [3.8, 4) is 0 Å². The molecule has 1 aliphatic rings. The van der Waals surface area contributed by atoms with Crippen LogP contribution in [0.2, 0.25) is 5.02 Å². The Kier molecular flexibility index (Phi) is 4.81. The first-order valence-corrected chi connectivity index (χ1v) is 8.12. The van der Waals surface area contributed by atoms with E-state index in [1.165, 1.54) is 0 Å². The van der Waals surface area contributed by atoms with Gasteiger partial charge in [-0.2, -0.15) is 0 Å². The first-order valence-electron chi connectivity index (χ1n) is 7.74. The number of carbonyl (C=O) groups is 2. The fourth-order valence-corrected chi connectivity index (χ4v) is 3.27. The Morgan fingerprint density at radius 3 is 2.92 bits per heavy atom. The van der Waals surface area contributed by atoms with Gasteiger partial charge >= 0.3 is 0 Å². The van der Waals surface area contributed by atoms with Crippen LogP contribution in [0.5, 0.6) is 0 Å². The summed E-state index contributed by atoms with van der Waals surface area (Å²) >= 11 is 6.06. The van der Waals surface area contributed by atoms with E-state index in [0.29, 0.717) is 11.6 Å². The van der Waals surface area contributed by atoms with Gasteiger partial charge in [0.15, 0.2) is 0 Å². The van der Waals surface area contributed by atoms with Crippen LogP contribution in [0.25, 0.3) is 0 Å². The molecular weight excluding hydrogens is 326 g/mol. The van der Waals surface area contributed by atoms with E-state index in [2.05, 4.69) is 10.3 Å². The summed E-state index contributed by atoms with van der Waals surface area (Å²) in [5, 5.41) is 3.50. The molecule has 6 heteroatoms. The van der Waals surface area contributed by atoms with E-state index in [0.717, 1.165) is 11.1 Å². The molecule has 124 valence electrons. The SMILES string of the molecule is CN1C(=O)C[C@@H](C(=O)NCc2cccnc2)[C@@H]1c1cccc(Cl)c1. The largest absolute Gasteiger partial charge is 0.352 e. The first-order chi connectivity index (χ1) is 11.6. The molecule has 1 aromatic carbocycles. The summed E-state index contributed by atoms with van der Waals surface area (Å²) in [6, 6.07) is 10.7. The molecule has 2 atom stereocenters. The van der Waals surface area contributed by atoms with E-state index in [1.807, 2.05) is 30.3 Å². The van der Waals surface area contributed by atoms with Crippen LogP contribution in [0.4, 0.5) is 0 Å². The quantitative estimate of drug-likeness (QED) is 0.928. The number of pyridine rings is 1. The van der Waals surface area contributed by atoms with Gasteiger partial charge in [-0.05, 0) is 29.3 Å². The Labute approximate surface area is 145 Å². The number of nitrogens with one attached hydrogen (secondary N) is 1. The van der Waals surface area contributed by atoms with Gasteiger partial charge in [-0.25, -0.2) is 0 Å². The topological polar surface area (TPSA) is 62.3 Å². The third-order valence-electron chi connectivity index (χ3n) is 4.30. The lowest BCUT2D eigenvalue weighted by molar-refractivity contribution is -0.128. The zero-order valence-electron chi connectivity index (χ0n) is 13.3. The molecule has 2 aromatic rings. The van der Waals surface area contributed by atoms with Gasteiger partial charge in [-0.3, -0.25) is 14.6 Å². The maximum Gasteiger partial charge on any atom is 0.226 e. The smallest absolute Gasteiger partial charge is 0.226 e. The number of aromatic nitrogens is 1. The van der Waals surface area contributed by atoms with Gasteiger partial charge in [-0.1, -0.05) is 29.8 Å². The van der Waals surface area contributed by atoms with Crippen molar-refractivity contribution in [1.82, 2.24) is 15.2 Å². The summed E-state index contributed by atoms with van der Waals surface area (Å²) in [5.41, 5.74) is 1.79. The molecule has 1 aromatic heterocycles. The third kappa shape index (κ3) is 3.41. The minimum Gasteiger partial charge on any atom is -0.352 e. The molecule has 0 aliphatic carbocycles. The second-order valence-electron chi connectivity index (χ2n) is 5.89. The number of likely N-dealkylation sites (tertiary alicyclic amines) is 1. The molecule has 0 spiro atoms. The maximum absolute atomic E-state index is 12.6. The highest BCUT2D eigenvalue weighted by Crippen LogP contribution is 2.37. The molecule has 2 heterocycles. The molecule has 0 radical (unpaired) electrons. The summed E-state index contributed by atoms with van der Waals surface area (Å²) < 4.78 is 0. The average Bonchev–Trinajstić information content (AvgIpc) is 2.89. The molecule has 3 rings (SSSR count). The van der Waals surface area contributed by atoms with Crippen LogP contribution in [-0.2, 0) is 16.1 Å². The van der Waals surface area contributed by atoms with E-state index in [4.69, 9.17) is 11.6 Å². The van der Waals surface area contributed by atoms with Crippen LogP contribution in [0.3, 0.4) is 0 Å². The van der Waals surface area contributed by atoms with E-state index in [1.54, 1.807) is 30.4 Å². The zero-order valence-corrected chi connectivity index (χ0v) is 14.0. The number of rotatable bonds is 4. The molecule has 0 bridgehead atoms. The lowest BCUT2D eigenvalue weighted by atomic mass is 9.93. The predicted octanol–water partition coefficient (Wildman–Crippen LogP) is 2.57. The maximum atomic E-state index is 12.6. The van der Waals surface area contributed by atoms with E-state index in [9.17, 15) is 9.59 Å². The van der Waals surface area contributed by atoms with Crippen LogP contribution in [0.15, 0.2) is 48.8 Å². The molecule has 24 heavy (non-hydrogen) atoms. The average molecular weight is 344 g/mol. The number of halogens is 1. The first kappa shape index (κ1) is 16.5. The molecule has 0 unspecified atom stereocenters. The van der Waals surface area contributed by atoms with Crippen molar-refractivity contribution in [3.05, 3.63) is 64.9 Å². The molecule has 1 aliphatic heterocycles. The van der Waals surface area contributed by atoms with Crippen molar-refractivity contribution in [1.29, 1.82) is 0 Å². The minimum atomic E-state index is -0.433. The van der Waals surface area contributed by atoms with Gasteiger partial charge in [0.2, 0.25) is 11.8 Å². The fraction of sp³-hybridized carbons (Fsp3) is 0.278. The third-order valence-corrected chi connectivity index (χ3v) is 4.54. The predicted molar refractivity (Wildman–Crippen MR) is 91.2 cm³/mol. The molecular formula is C18H18ClN3O2. The van der Waals surface area contributed by atoms with Gasteiger partial charge in [-0.15, -0.1) is 0 Å². The molecule has 1 N–H and O–H groups in total. The summed E-state index contributed by atoms with van der Waals surface area (Å²) in [7, 11) is 1.72. The molecule has 1 saturated heterocycles. The second kappa shape index (κ2) is 7.01. The van der Waals surface area contributed by atoms with Crippen LogP contribution >= 0.6 is 11.6 Å². The highest BCUT2D eigenvalue weighted by molar-refractivity contribution is 6.30. The molecule has 2 amide bonds. The van der Waals surface area contributed by atoms with Crippen molar-refractivity contribution < 1.29 is 9.59 Å². The molecule has 1 fully saturated rings. The Morgan fingerprint density at radius 1 is 1.38 bits per heavy atom. The zero-order chi connectivity index (χ0) is 17.1. The summed E-state index contributed by atoms with van der Waals surface area (Å²) in [4.78, 5) is 30.4. The van der Waals surface area contributed by atoms with Crippen LogP contribution < -0.4 is 5.32 Å². The van der Waals surface area contributed by atoms with Gasteiger partial charge in [0.1, 0.15) is 0 Å². The Morgan fingerprint density at radius 2 is 2.21 bits per heavy atom. The van der Waals surface area contributed by atoms with Crippen molar-refractivity contribution in [2.24, 2.45) is 5.92 Å². The molecule has 5 nitrogen and oxygen atoms in total. The van der Waals surface area contributed by atoms with E-state index < -0.39 is 5.92 Å². The summed E-state index contributed by atoms with van der Waals surface area (Å²) in [5.74, 6) is -0.610. The van der Waals surface area contributed by atoms with Crippen molar-refractivity contribution in [2.75, 3.05) is 7.05 Å². The lowest BCUT2D eigenvalue weighted by Gasteiger charge is -2.25. The van der Waals surface area contributed by atoms with Gasteiger partial charge < -0.3 is 10.2 Å². The number of amides is 2. The normalized spacial score (nSPS) is 20.2. The van der Waals surface area contributed by atoms with Crippen molar-refractivity contribution >= 4 is 23.4 Å². The Balaban J connectivity index is 1.77. The Bertz CT molecular complexity index is 751. The fourth-order valence-electron chi connectivity index (χ4n) is 3.07. The highest BCUT2D eigenvalue weighted by Gasteiger charge is 2.42. The number of carbonyl (C=O) groups excluding carboxylic acids is 2. The monoisotopic (exact) mass is 343 g/mol.